The molecule has 0 spiro atoms. The van der Waals surface area contributed by atoms with Crippen molar-refractivity contribution in [2.24, 2.45) is 0 Å². The molecule has 3 rings (SSSR count). The summed E-state index contributed by atoms with van der Waals surface area (Å²) < 4.78 is 27.4. The summed E-state index contributed by atoms with van der Waals surface area (Å²) in [7, 11) is -3.61. The zero-order chi connectivity index (χ0) is 19.8. The summed E-state index contributed by atoms with van der Waals surface area (Å²) in [4.78, 5) is 14.7. The van der Waals surface area contributed by atoms with Crippen molar-refractivity contribution in [3.05, 3.63) is 66.2 Å². The van der Waals surface area contributed by atoms with Gasteiger partial charge in [0.05, 0.1) is 4.90 Å². The lowest BCUT2D eigenvalue weighted by Crippen LogP contribution is -2.36. The number of rotatable bonds is 4. The highest BCUT2D eigenvalue weighted by Gasteiger charge is 2.25. The van der Waals surface area contributed by atoms with Crippen molar-refractivity contribution in [2.75, 3.05) is 32.7 Å². The summed E-state index contributed by atoms with van der Waals surface area (Å²) in [5.41, 5.74) is 1.21. The number of amides is 1. The second kappa shape index (κ2) is 9.82. The van der Waals surface area contributed by atoms with Crippen LogP contribution >= 0.6 is 0 Å². The van der Waals surface area contributed by atoms with Crippen LogP contribution in [0.2, 0.25) is 0 Å². The highest BCUT2D eigenvalue weighted by atomic mass is 32.2. The van der Waals surface area contributed by atoms with E-state index < -0.39 is 10.0 Å². The summed E-state index contributed by atoms with van der Waals surface area (Å²) in [5.74, 6) is -0.116. The minimum atomic E-state index is -3.61. The fourth-order valence-corrected chi connectivity index (χ4v) is 4.84. The predicted molar refractivity (Wildman–Crippen MR) is 109 cm³/mol. The smallest absolute Gasteiger partial charge is 0.243 e. The van der Waals surface area contributed by atoms with Crippen LogP contribution in [0.15, 0.2) is 65.6 Å². The molecule has 0 saturated carbocycles. The van der Waals surface area contributed by atoms with E-state index in [1.807, 2.05) is 18.2 Å². The van der Waals surface area contributed by atoms with Gasteiger partial charge >= 0.3 is 0 Å². The Kier molecular flexibility index (Phi) is 7.19. The van der Waals surface area contributed by atoms with Gasteiger partial charge in [-0.05, 0) is 30.7 Å². The number of carbonyl (C=O) groups is 1. The van der Waals surface area contributed by atoms with Crippen LogP contribution in [0.4, 0.5) is 0 Å². The van der Waals surface area contributed by atoms with Crippen LogP contribution in [0.5, 0.6) is 0 Å². The minimum Gasteiger partial charge on any atom is -0.355 e. The second-order valence-corrected chi connectivity index (χ2v) is 8.87. The maximum atomic E-state index is 13.0. The molecular formula is C21H27N3O3S. The first kappa shape index (κ1) is 20.5. The average molecular weight is 402 g/mol. The van der Waals surface area contributed by atoms with Gasteiger partial charge in [0.2, 0.25) is 15.9 Å². The Morgan fingerprint density at radius 1 is 0.857 bits per heavy atom. The molecule has 1 saturated heterocycles. The molecule has 1 aliphatic rings. The number of hydrogen-bond acceptors (Lipinski definition) is 4. The van der Waals surface area contributed by atoms with Gasteiger partial charge in [-0.3, -0.25) is 9.69 Å². The fraction of sp³-hybridized carbons (Fsp3) is 0.381. The molecule has 28 heavy (non-hydrogen) atoms. The van der Waals surface area contributed by atoms with Crippen LogP contribution in [0.1, 0.15) is 18.4 Å². The number of benzene rings is 2. The van der Waals surface area contributed by atoms with Gasteiger partial charge in [-0.15, -0.1) is 0 Å². The molecule has 150 valence electrons. The Labute approximate surface area is 167 Å². The van der Waals surface area contributed by atoms with Crippen molar-refractivity contribution in [2.45, 2.75) is 24.3 Å². The van der Waals surface area contributed by atoms with Gasteiger partial charge in [0, 0.05) is 39.1 Å². The predicted octanol–water partition coefficient (Wildman–Crippen LogP) is 2.09. The van der Waals surface area contributed by atoms with Crippen molar-refractivity contribution >= 4 is 15.9 Å². The molecule has 1 fully saturated rings. The molecule has 0 aliphatic carbocycles. The van der Waals surface area contributed by atoms with E-state index in [1.165, 1.54) is 9.87 Å². The molecule has 6 nitrogen and oxygen atoms in total. The molecule has 0 aromatic heterocycles. The van der Waals surface area contributed by atoms with Gasteiger partial charge in [-0.1, -0.05) is 48.5 Å². The molecule has 7 heteroatoms. The first-order chi connectivity index (χ1) is 13.6. The molecule has 1 heterocycles. The Hall–Kier alpha value is -2.22. The van der Waals surface area contributed by atoms with Gasteiger partial charge < -0.3 is 5.32 Å². The highest BCUT2D eigenvalue weighted by molar-refractivity contribution is 7.89. The van der Waals surface area contributed by atoms with E-state index >= 15 is 0 Å². The highest BCUT2D eigenvalue weighted by Crippen LogP contribution is 2.17. The van der Waals surface area contributed by atoms with E-state index in [0.717, 1.165) is 19.6 Å². The second-order valence-electron chi connectivity index (χ2n) is 6.93. The summed E-state index contributed by atoms with van der Waals surface area (Å²) in [6.07, 6.45) is 0.887. The van der Waals surface area contributed by atoms with Crippen LogP contribution in [-0.2, 0) is 21.4 Å². The largest absolute Gasteiger partial charge is 0.355 e. The Morgan fingerprint density at radius 3 is 2.25 bits per heavy atom. The van der Waals surface area contributed by atoms with Gasteiger partial charge in [0.15, 0.2) is 0 Å². The lowest BCUT2D eigenvalue weighted by Gasteiger charge is -2.24. The van der Waals surface area contributed by atoms with Crippen molar-refractivity contribution in [3.8, 4) is 0 Å². The van der Waals surface area contributed by atoms with Crippen LogP contribution in [0.25, 0.3) is 0 Å². The van der Waals surface area contributed by atoms with E-state index in [9.17, 15) is 13.2 Å². The maximum Gasteiger partial charge on any atom is 0.243 e. The molecule has 1 N–H and O–H groups in total. The third kappa shape index (κ3) is 5.64. The zero-order valence-corrected chi connectivity index (χ0v) is 16.8. The fourth-order valence-electron chi connectivity index (χ4n) is 3.34. The summed E-state index contributed by atoms with van der Waals surface area (Å²) in [6.45, 7) is 3.45. The molecule has 0 atom stereocenters. The number of carbonyl (C=O) groups excluding carboxylic acids is 1. The van der Waals surface area contributed by atoms with Gasteiger partial charge in [-0.2, -0.15) is 4.31 Å². The van der Waals surface area contributed by atoms with Crippen molar-refractivity contribution in [1.29, 1.82) is 0 Å². The molecule has 2 aromatic carbocycles. The Bertz CT molecular complexity index is 857. The topological polar surface area (TPSA) is 69.7 Å². The lowest BCUT2D eigenvalue weighted by molar-refractivity contribution is -0.121. The van der Waals surface area contributed by atoms with E-state index in [0.29, 0.717) is 19.5 Å². The normalized spacial score (nSPS) is 18.2. The van der Waals surface area contributed by atoms with Gasteiger partial charge in [0.1, 0.15) is 0 Å². The monoisotopic (exact) mass is 401 g/mol. The van der Waals surface area contributed by atoms with Gasteiger partial charge in [0.25, 0.3) is 0 Å². The Morgan fingerprint density at radius 2 is 1.54 bits per heavy atom. The molecule has 1 amide bonds. The molecule has 0 radical (unpaired) electrons. The van der Waals surface area contributed by atoms with Crippen molar-refractivity contribution in [3.63, 3.8) is 0 Å². The summed E-state index contributed by atoms with van der Waals surface area (Å²) >= 11 is 0. The van der Waals surface area contributed by atoms with Crippen molar-refractivity contribution < 1.29 is 13.2 Å². The van der Waals surface area contributed by atoms with E-state index in [-0.39, 0.29) is 23.8 Å². The van der Waals surface area contributed by atoms with Crippen LogP contribution in [0, 0.1) is 0 Å². The van der Waals surface area contributed by atoms with Crippen LogP contribution in [0.3, 0.4) is 0 Å². The van der Waals surface area contributed by atoms with Crippen molar-refractivity contribution in [1.82, 2.24) is 14.5 Å². The first-order valence-corrected chi connectivity index (χ1v) is 11.1. The minimum absolute atomic E-state index is 0.116. The van der Waals surface area contributed by atoms with E-state index in [2.05, 4.69) is 22.3 Å². The van der Waals surface area contributed by atoms with Crippen LogP contribution in [-0.4, -0.2) is 56.3 Å². The molecule has 0 unspecified atom stereocenters. The maximum absolute atomic E-state index is 13.0. The Balaban J connectivity index is 1.72. The van der Waals surface area contributed by atoms with E-state index in [4.69, 9.17) is 0 Å². The lowest BCUT2D eigenvalue weighted by atomic mass is 10.2. The third-order valence-corrected chi connectivity index (χ3v) is 6.76. The number of hydrogen-bond donors (Lipinski definition) is 1. The van der Waals surface area contributed by atoms with E-state index in [1.54, 1.807) is 30.3 Å². The van der Waals surface area contributed by atoms with Crippen LogP contribution < -0.4 is 5.32 Å². The standard InChI is InChI=1S/C21H27N3O3S/c25-21-12-16-24(28(26,27)20-10-5-2-6-11-20)15-7-14-23(17-13-22-21)18-19-8-3-1-4-9-19/h1-6,8-11H,7,12-18H2,(H,22,25). The zero-order valence-electron chi connectivity index (χ0n) is 16.0. The average Bonchev–Trinajstić information content (AvgIpc) is 2.75. The molecule has 1 aliphatic heterocycles. The SMILES string of the molecule is O=C1CCN(S(=O)(=O)c2ccccc2)CCCN(Cc2ccccc2)CCN1. The number of nitrogens with zero attached hydrogens (tertiary/aromatic N) is 2. The number of sulfonamides is 1. The molecular weight excluding hydrogens is 374 g/mol. The summed E-state index contributed by atoms with van der Waals surface area (Å²) in [6, 6.07) is 18.6. The quantitative estimate of drug-likeness (QED) is 0.852. The third-order valence-electron chi connectivity index (χ3n) is 4.85. The molecule has 0 bridgehead atoms. The van der Waals surface area contributed by atoms with Gasteiger partial charge in [-0.25, -0.2) is 8.42 Å². The number of nitrogens with one attached hydrogen (secondary N) is 1. The summed E-state index contributed by atoms with van der Waals surface area (Å²) in [5, 5.41) is 2.91. The first-order valence-electron chi connectivity index (χ1n) is 9.64. The molecule has 2 aromatic rings.